The Bertz CT molecular complexity index is 1210. The highest BCUT2D eigenvalue weighted by atomic mass is 35.5. The molecule has 0 bridgehead atoms. The summed E-state index contributed by atoms with van der Waals surface area (Å²) in [6, 6.07) is 10.6. The maximum atomic E-state index is 12.5. The van der Waals surface area contributed by atoms with Gasteiger partial charge in [-0.05, 0) is 55.6 Å². The second kappa shape index (κ2) is 10.0. The number of rotatable bonds is 8. The van der Waals surface area contributed by atoms with Crippen molar-refractivity contribution in [3.8, 4) is 11.3 Å². The normalized spacial score (nSPS) is 13.9. The fourth-order valence-electron chi connectivity index (χ4n) is 3.70. The first-order valence-corrected chi connectivity index (χ1v) is 11.2. The first-order chi connectivity index (χ1) is 16.0. The molecule has 3 heterocycles. The second-order valence-corrected chi connectivity index (χ2v) is 8.09. The summed E-state index contributed by atoms with van der Waals surface area (Å²) < 4.78 is 5.93. The minimum atomic E-state index is -0.213. The van der Waals surface area contributed by atoms with Crippen LogP contribution in [0.15, 0.2) is 53.2 Å². The summed E-state index contributed by atoms with van der Waals surface area (Å²) >= 11 is 6.09. The third-order valence-electron chi connectivity index (χ3n) is 5.57. The van der Waals surface area contributed by atoms with Gasteiger partial charge in [0.1, 0.15) is 11.5 Å². The van der Waals surface area contributed by atoms with Crippen LogP contribution in [0.4, 0.5) is 5.69 Å². The van der Waals surface area contributed by atoms with E-state index >= 15 is 0 Å². The van der Waals surface area contributed by atoms with E-state index < -0.39 is 0 Å². The van der Waals surface area contributed by atoms with E-state index in [0.717, 1.165) is 25.2 Å². The lowest BCUT2D eigenvalue weighted by molar-refractivity contribution is -0.110. The van der Waals surface area contributed by atoms with Gasteiger partial charge in [0, 0.05) is 47.3 Å². The van der Waals surface area contributed by atoms with E-state index in [1.807, 2.05) is 0 Å². The Morgan fingerprint density at radius 3 is 2.79 bits per heavy atom. The number of anilines is 1. The molecule has 2 amide bonds. The molecule has 0 spiro atoms. The number of pyridine rings is 1. The van der Waals surface area contributed by atoms with Crippen LogP contribution in [-0.4, -0.2) is 47.9 Å². The zero-order valence-electron chi connectivity index (χ0n) is 18.5. The summed E-state index contributed by atoms with van der Waals surface area (Å²) in [4.78, 5) is 31.4. The fourth-order valence-corrected chi connectivity index (χ4v) is 3.87. The second-order valence-electron chi connectivity index (χ2n) is 7.65. The van der Waals surface area contributed by atoms with Crippen molar-refractivity contribution < 1.29 is 14.0 Å². The molecule has 0 fully saturated rings. The van der Waals surface area contributed by atoms with Gasteiger partial charge in [0.05, 0.1) is 11.1 Å². The number of amides is 2. The quantitative estimate of drug-likeness (QED) is 0.477. The van der Waals surface area contributed by atoms with Crippen LogP contribution >= 0.6 is 11.6 Å². The molecule has 0 aliphatic carbocycles. The van der Waals surface area contributed by atoms with E-state index in [2.05, 4.69) is 34.4 Å². The lowest BCUT2D eigenvalue weighted by Crippen LogP contribution is -2.34. The Kier molecular flexibility index (Phi) is 6.91. The van der Waals surface area contributed by atoms with Crippen molar-refractivity contribution in [2.24, 2.45) is 0 Å². The average Bonchev–Trinajstić information content (AvgIpc) is 3.41. The molecule has 170 valence electrons. The van der Waals surface area contributed by atoms with Crippen LogP contribution in [0.3, 0.4) is 0 Å². The summed E-state index contributed by atoms with van der Waals surface area (Å²) in [5, 5.41) is 6.30. The van der Waals surface area contributed by atoms with E-state index in [1.165, 1.54) is 6.20 Å². The maximum absolute atomic E-state index is 12.5. The van der Waals surface area contributed by atoms with Gasteiger partial charge in [-0.15, -0.1) is 0 Å². The molecule has 1 aliphatic heterocycles. The third kappa shape index (κ3) is 5.16. The fraction of sp³-hybridized carbons (Fsp3) is 0.240. The Morgan fingerprint density at radius 1 is 1.18 bits per heavy atom. The van der Waals surface area contributed by atoms with Crippen molar-refractivity contribution in [2.75, 3.05) is 31.5 Å². The lowest BCUT2D eigenvalue weighted by atomic mass is 10.1. The highest BCUT2D eigenvalue weighted by Crippen LogP contribution is 2.35. The van der Waals surface area contributed by atoms with Crippen molar-refractivity contribution in [3.63, 3.8) is 0 Å². The number of likely N-dealkylation sites (N-methyl/N-ethyl adjacent to an activating group) is 1. The SMILES string of the molecule is CCN(CC)CCNC(=O)c1cncc(-c2ccc(C=C3C(=O)Nc4ccc(Cl)cc43)o2)c1. The summed E-state index contributed by atoms with van der Waals surface area (Å²) in [5.74, 6) is 0.672. The lowest BCUT2D eigenvalue weighted by Gasteiger charge is -2.17. The molecule has 7 nitrogen and oxygen atoms in total. The first kappa shape index (κ1) is 22.8. The standard InChI is InChI=1S/C25H25ClN4O3/c1-3-30(4-2)10-9-28-24(31)17-11-16(14-27-15-17)23-8-6-19(33-23)13-21-20-12-18(26)5-7-22(20)29-25(21)32/h5-8,11-15H,3-4,9-10H2,1-2H3,(H,28,31)(H,29,32). The van der Waals surface area contributed by atoms with Gasteiger partial charge in [0.2, 0.25) is 0 Å². The number of hydrogen-bond donors (Lipinski definition) is 2. The van der Waals surface area contributed by atoms with Crippen LogP contribution in [0.1, 0.15) is 35.5 Å². The number of nitrogens with one attached hydrogen (secondary N) is 2. The van der Waals surface area contributed by atoms with Crippen molar-refractivity contribution >= 4 is 40.8 Å². The molecule has 1 aromatic carbocycles. The molecule has 33 heavy (non-hydrogen) atoms. The van der Waals surface area contributed by atoms with Crippen LogP contribution in [0.25, 0.3) is 23.0 Å². The zero-order chi connectivity index (χ0) is 23.4. The number of halogens is 1. The van der Waals surface area contributed by atoms with Crippen LogP contribution in [-0.2, 0) is 4.79 Å². The number of benzene rings is 1. The number of aromatic nitrogens is 1. The molecule has 0 unspecified atom stereocenters. The van der Waals surface area contributed by atoms with Crippen LogP contribution in [0.5, 0.6) is 0 Å². The highest BCUT2D eigenvalue weighted by Gasteiger charge is 2.24. The predicted octanol–water partition coefficient (Wildman–Crippen LogP) is 4.56. The van der Waals surface area contributed by atoms with E-state index in [-0.39, 0.29) is 11.8 Å². The van der Waals surface area contributed by atoms with Crippen LogP contribution < -0.4 is 10.6 Å². The largest absolute Gasteiger partial charge is 0.457 e. The Labute approximate surface area is 197 Å². The summed E-state index contributed by atoms with van der Waals surface area (Å²) in [7, 11) is 0. The van der Waals surface area contributed by atoms with Crippen molar-refractivity contribution in [1.29, 1.82) is 0 Å². The van der Waals surface area contributed by atoms with Gasteiger partial charge in [-0.2, -0.15) is 0 Å². The minimum absolute atomic E-state index is 0.179. The number of carbonyl (C=O) groups is 2. The van der Waals surface area contributed by atoms with Crippen molar-refractivity contribution in [3.05, 3.63) is 70.7 Å². The van der Waals surface area contributed by atoms with Gasteiger partial charge < -0.3 is 20.0 Å². The number of carbonyl (C=O) groups excluding carboxylic acids is 2. The van der Waals surface area contributed by atoms with E-state index in [9.17, 15) is 9.59 Å². The summed E-state index contributed by atoms with van der Waals surface area (Å²) in [6.07, 6.45) is 4.85. The Balaban J connectivity index is 1.50. The van der Waals surface area contributed by atoms with E-state index in [4.69, 9.17) is 16.0 Å². The summed E-state index contributed by atoms with van der Waals surface area (Å²) in [5.41, 5.74) is 3.06. The minimum Gasteiger partial charge on any atom is -0.457 e. The van der Waals surface area contributed by atoms with Gasteiger partial charge in [-0.1, -0.05) is 25.4 Å². The smallest absolute Gasteiger partial charge is 0.256 e. The molecule has 4 rings (SSSR count). The topological polar surface area (TPSA) is 87.5 Å². The molecule has 3 aromatic rings. The maximum Gasteiger partial charge on any atom is 0.256 e. The third-order valence-corrected chi connectivity index (χ3v) is 5.81. The Hall–Kier alpha value is -3.42. The molecule has 0 radical (unpaired) electrons. The van der Waals surface area contributed by atoms with Crippen LogP contribution in [0, 0.1) is 0 Å². The molecule has 0 atom stereocenters. The number of nitrogens with zero attached hydrogens (tertiary/aromatic N) is 2. The zero-order valence-corrected chi connectivity index (χ0v) is 19.3. The van der Waals surface area contributed by atoms with Gasteiger partial charge in [0.15, 0.2) is 0 Å². The highest BCUT2D eigenvalue weighted by molar-refractivity contribution is 6.36. The van der Waals surface area contributed by atoms with Gasteiger partial charge in [0.25, 0.3) is 11.8 Å². The average molecular weight is 465 g/mol. The summed E-state index contributed by atoms with van der Waals surface area (Å²) in [6.45, 7) is 7.45. The monoisotopic (exact) mass is 464 g/mol. The van der Waals surface area contributed by atoms with Gasteiger partial charge in [-0.3, -0.25) is 14.6 Å². The molecule has 2 aromatic heterocycles. The van der Waals surface area contributed by atoms with Crippen molar-refractivity contribution in [1.82, 2.24) is 15.2 Å². The molecule has 2 N–H and O–H groups in total. The predicted molar refractivity (Wildman–Crippen MR) is 130 cm³/mol. The van der Waals surface area contributed by atoms with Gasteiger partial charge >= 0.3 is 0 Å². The molecular weight excluding hydrogens is 440 g/mol. The molecule has 8 heteroatoms. The number of fused-ring (bicyclic) bond motifs is 1. The van der Waals surface area contributed by atoms with E-state index in [1.54, 1.807) is 48.7 Å². The van der Waals surface area contributed by atoms with E-state index in [0.29, 0.717) is 45.5 Å². The van der Waals surface area contributed by atoms with Gasteiger partial charge in [-0.25, -0.2) is 0 Å². The molecule has 0 saturated heterocycles. The first-order valence-electron chi connectivity index (χ1n) is 10.9. The Morgan fingerprint density at radius 2 is 2.00 bits per heavy atom. The molecule has 0 saturated carbocycles. The number of hydrogen-bond acceptors (Lipinski definition) is 5. The van der Waals surface area contributed by atoms with Crippen LogP contribution in [0.2, 0.25) is 5.02 Å². The molecular formula is C25H25ClN4O3. The molecule has 1 aliphatic rings. The number of furan rings is 1. The van der Waals surface area contributed by atoms with Crippen molar-refractivity contribution in [2.45, 2.75) is 13.8 Å².